The third-order valence-corrected chi connectivity index (χ3v) is 3.47. The number of amidine groups is 1. The molecule has 1 atom stereocenters. The highest BCUT2D eigenvalue weighted by atomic mass is 79.9. The zero-order chi connectivity index (χ0) is 14.8. The van der Waals surface area contributed by atoms with Gasteiger partial charge in [0.2, 0.25) is 0 Å². The second kappa shape index (κ2) is 5.81. The Kier molecular flexibility index (Phi) is 4.84. The van der Waals surface area contributed by atoms with E-state index in [1.165, 1.54) is 6.07 Å². The van der Waals surface area contributed by atoms with Crippen molar-refractivity contribution >= 4 is 27.5 Å². The van der Waals surface area contributed by atoms with Crippen molar-refractivity contribution < 1.29 is 13.2 Å². The van der Waals surface area contributed by atoms with E-state index in [0.717, 1.165) is 12.1 Å². The predicted octanol–water partition coefficient (Wildman–Crippen LogP) is 3.62. The van der Waals surface area contributed by atoms with E-state index in [2.05, 4.69) is 15.9 Å². The molecule has 1 rings (SSSR count). The third-order valence-electron chi connectivity index (χ3n) is 2.83. The van der Waals surface area contributed by atoms with Gasteiger partial charge in [-0.1, -0.05) is 0 Å². The first kappa shape index (κ1) is 15.8. The van der Waals surface area contributed by atoms with Crippen LogP contribution in [-0.2, 0) is 6.18 Å². The summed E-state index contributed by atoms with van der Waals surface area (Å²) in [5.74, 6) is 0.0439. The van der Waals surface area contributed by atoms with E-state index >= 15 is 0 Å². The first-order chi connectivity index (χ1) is 8.62. The molecule has 7 heteroatoms. The number of rotatable bonds is 4. The lowest BCUT2D eigenvalue weighted by Gasteiger charge is -2.28. The average molecular weight is 338 g/mol. The van der Waals surface area contributed by atoms with Gasteiger partial charge in [-0.25, -0.2) is 0 Å². The fraction of sp³-hybridized carbons (Fsp3) is 0.417. The minimum atomic E-state index is -4.36. The molecule has 106 valence electrons. The van der Waals surface area contributed by atoms with Crippen molar-refractivity contribution in [2.24, 2.45) is 5.73 Å². The first-order valence-electron chi connectivity index (χ1n) is 5.55. The van der Waals surface area contributed by atoms with Crippen LogP contribution in [0.5, 0.6) is 0 Å². The molecule has 0 heterocycles. The number of nitrogens with two attached hydrogens (primary N) is 1. The van der Waals surface area contributed by atoms with Gasteiger partial charge in [0.25, 0.3) is 0 Å². The summed E-state index contributed by atoms with van der Waals surface area (Å²) < 4.78 is 38.0. The molecule has 1 unspecified atom stereocenters. The normalized spacial score (nSPS) is 13.2. The van der Waals surface area contributed by atoms with Crippen molar-refractivity contribution in [1.82, 2.24) is 0 Å². The number of hydrogen-bond donors (Lipinski definition) is 2. The summed E-state index contributed by atoms with van der Waals surface area (Å²) in [4.78, 5) is 1.78. The van der Waals surface area contributed by atoms with Gasteiger partial charge in [0.1, 0.15) is 0 Å². The lowest BCUT2D eigenvalue weighted by Crippen LogP contribution is -2.33. The van der Waals surface area contributed by atoms with E-state index in [1.807, 2.05) is 6.92 Å². The molecule has 3 N–H and O–H groups in total. The Labute approximate surface area is 118 Å². The van der Waals surface area contributed by atoms with E-state index in [1.54, 1.807) is 11.9 Å². The van der Waals surface area contributed by atoms with Crippen molar-refractivity contribution in [3.63, 3.8) is 0 Å². The zero-order valence-electron chi connectivity index (χ0n) is 10.6. The summed E-state index contributed by atoms with van der Waals surface area (Å²) in [6, 6.07) is 3.41. The summed E-state index contributed by atoms with van der Waals surface area (Å²) in [7, 11) is 1.75. The molecule has 0 saturated carbocycles. The molecular weight excluding hydrogens is 323 g/mol. The molecular formula is C12H15BrF3N3. The molecule has 0 radical (unpaired) electrons. The minimum absolute atomic E-state index is 0.0439. The third kappa shape index (κ3) is 4.12. The first-order valence-corrected chi connectivity index (χ1v) is 6.34. The fourth-order valence-corrected chi connectivity index (χ4v) is 2.32. The lowest BCUT2D eigenvalue weighted by atomic mass is 10.1. The maximum Gasteiger partial charge on any atom is 0.416 e. The topological polar surface area (TPSA) is 53.1 Å². The molecule has 0 aliphatic rings. The molecule has 19 heavy (non-hydrogen) atoms. The molecule has 0 spiro atoms. The van der Waals surface area contributed by atoms with Gasteiger partial charge in [-0.2, -0.15) is 13.2 Å². The molecule has 0 aliphatic carbocycles. The van der Waals surface area contributed by atoms with Crippen LogP contribution in [0, 0.1) is 5.41 Å². The monoisotopic (exact) mass is 337 g/mol. The Balaban J connectivity index is 2.99. The van der Waals surface area contributed by atoms with Gasteiger partial charge in [0.05, 0.1) is 17.1 Å². The van der Waals surface area contributed by atoms with Crippen molar-refractivity contribution in [1.29, 1.82) is 5.41 Å². The number of halogens is 4. The van der Waals surface area contributed by atoms with Crippen molar-refractivity contribution in [2.75, 3.05) is 11.9 Å². The van der Waals surface area contributed by atoms with Crippen LogP contribution in [0.25, 0.3) is 0 Å². The Morgan fingerprint density at radius 3 is 2.47 bits per heavy atom. The lowest BCUT2D eigenvalue weighted by molar-refractivity contribution is -0.137. The van der Waals surface area contributed by atoms with Gasteiger partial charge >= 0.3 is 6.18 Å². The summed E-state index contributed by atoms with van der Waals surface area (Å²) in [6.07, 6.45) is -4.01. The summed E-state index contributed by atoms with van der Waals surface area (Å²) in [6.45, 7) is 1.85. The molecule has 0 bridgehead atoms. The molecule has 0 fully saturated rings. The maximum absolute atomic E-state index is 12.6. The minimum Gasteiger partial charge on any atom is -0.388 e. The Bertz CT molecular complexity index is 474. The predicted molar refractivity (Wildman–Crippen MR) is 73.5 cm³/mol. The summed E-state index contributed by atoms with van der Waals surface area (Å²) in [5, 5.41) is 7.24. The van der Waals surface area contributed by atoms with Crippen LogP contribution in [-0.4, -0.2) is 18.9 Å². The summed E-state index contributed by atoms with van der Waals surface area (Å²) >= 11 is 3.15. The Hall–Kier alpha value is -1.24. The van der Waals surface area contributed by atoms with E-state index in [9.17, 15) is 13.2 Å². The van der Waals surface area contributed by atoms with Crippen LogP contribution in [0.2, 0.25) is 0 Å². The van der Waals surface area contributed by atoms with Crippen LogP contribution in [0.3, 0.4) is 0 Å². The average Bonchev–Trinajstić information content (AvgIpc) is 2.25. The molecule has 0 saturated heterocycles. The van der Waals surface area contributed by atoms with Gasteiger partial charge < -0.3 is 10.6 Å². The number of anilines is 1. The largest absolute Gasteiger partial charge is 0.416 e. The zero-order valence-corrected chi connectivity index (χ0v) is 12.1. The van der Waals surface area contributed by atoms with E-state index in [-0.39, 0.29) is 11.9 Å². The van der Waals surface area contributed by atoms with Crippen molar-refractivity contribution in [3.8, 4) is 0 Å². The fourth-order valence-electron chi connectivity index (χ4n) is 1.66. The molecule has 0 aliphatic heterocycles. The highest BCUT2D eigenvalue weighted by molar-refractivity contribution is 9.10. The molecule has 0 aromatic heterocycles. The molecule has 0 amide bonds. The van der Waals surface area contributed by atoms with Crippen LogP contribution < -0.4 is 10.6 Å². The summed E-state index contributed by atoms with van der Waals surface area (Å²) in [5.41, 5.74) is 5.25. The standard InChI is InChI=1S/C12H15BrF3N3/c1-7(5-11(17)18)19(2)10-4-3-8(6-9(10)13)12(14,15)16/h3-4,6-7H,5H2,1-2H3,(H3,17,18). The van der Waals surface area contributed by atoms with E-state index < -0.39 is 11.7 Å². The van der Waals surface area contributed by atoms with Gasteiger partial charge in [0, 0.05) is 24.0 Å². The maximum atomic E-state index is 12.6. The second-order valence-electron chi connectivity index (χ2n) is 4.35. The van der Waals surface area contributed by atoms with Crippen LogP contribution in [0.4, 0.5) is 18.9 Å². The van der Waals surface area contributed by atoms with Crippen molar-refractivity contribution in [3.05, 3.63) is 28.2 Å². The Morgan fingerprint density at radius 2 is 2.05 bits per heavy atom. The molecule has 3 nitrogen and oxygen atoms in total. The highest BCUT2D eigenvalue weighted by Crippen LogP contribution is 2.35. The quantitative estimate of drug-likeness (QED) is 0.651. The number of nitrogens with one attached hydrogen (secondary N) is 1. The van der Waals surface area contributed by atoms with Crippen LogP contribution in [0.1, 0.15) is 18.9 Å². The molecule has 1 aromatic rings. The highest BCUT2D eigenvalue weighted by Gasteiger charge is 2.31. The van der Waals surface area contributed by atoms with E-state index in [4.69, 9.17) is 11.1 Å². The van der Waals surface area contributed by atoms with Gasteiger partial charge in [0.15, 0.2) is 0 Å². The van der Waals surface area contributed by atoms with Crippen LogP contribution >= 0.6 is 15.9 Å². The smallest absolute Gasteiger partial charge is 0.388 e. The number of benzene rings is 1. The number of hydrogen-bond acceptors (Lipinski definition) is 2. The van der Waals surface area contributed by atoms with Gasteiger partial charge in [-0.05, 0) is 41.1 Å². The van der Waals surface area contributed by atoms with Crippen LogP contribution in [0.15, 0.2) is 22.7 Å². The van der Waals surface area contributed by atoms with E-state index in [0.29, 0.717) is 16.6 Å². The van der Waals surface area contributed by atoms with Gasteiger partial charge in [-0.3, -0.25) is 5.41 Å². The SMILES string of the molecule is CC(CC(=N)N)N(C)c1ccc(C(F)(F)F)cc1Br. The Morgan fingerprint density at radius 1 is 1.47 bits per heavy atom. The van der Waals surface area contributed by atoms with Crippen molar-refractivity contribution in [2.45, 2.75) is 25.6 Å². The number of nitrogens with zero attached hydrogens (tertiary/aromatic N) is 1. The number of alkyl halides is 3. The second-order valence-corrected chi connectivity index (χ2v) is 5.21. The molecule has 1 aromatic carbocycles. The van der Waals surface area contributed by atoms with Gasteiger partial charge in [-0.15, -0.1) is 0 Å².